The number of benzene rings is 3. The number of aryl methyl sites for hydroxylation is 1. The minimum absolute atomic E-state index is 0.00445. The number of rotatable bonds is 10. The highest BCUT2D eigenvalue weighted by molar-refractivity contribution is 7.89. The molecule has 5 nitrogen and oxygen atoms in total. The molecule has 1 aliphatic rings. The Kier molecular flexibility index (Phi) is 8.94. The van der Waals surface area contributed by atoms with Gasteiger partial charge in [0.2, 0.25) is 15.9 Å². The molecular weight excluding hydrogens is 468 g/mol. The molecule has 1 amide bonds. The van der Waals surface area contributed by atoms with Crippen molar-refractivity contribution in [3.63, 3.8) is 0 Å². The number of nitrogens with zero attached hydrogens (tertiary/aromatic N) is 1. The molecule has 190 valence electrons. The van der Waals surface area contributed by atoms with E-state index in [2.05, 4.69) is 24.4 Å². The van der Waals surface area contributed by atoms with E-state index in [4.69, 9.17) is 0 Å². The fourth-order valence-corrected chi connectivity index (χ4v) is 6.42. The average Bonchev–Trinajstić information content (AvgIpc) is 2.92. The van der Waals surface area contributed by atoms with Crippen molar-refractivity contribution in [2.45, 2.75) is 50.5 Å². The van der Waals surface area contributed by atoms with Gasteiger partial charge in [-0.15, -0.1) is 0 Å². The van der Waals surface area contributed by atoms with Crippen LogP contribution in [0.3, 0.4) is 0 Å². The summed E-state index contributed by atoms with van der Waals surface area (Å²) in [4.78, 5) is 13.1. The van der Waals surface area contributed by atoms with Crippen LogP contribution in [0.25, 0.3) is 0 Å². The Balaban J connectivity index is 1.35. The first kappa shape index (κ1) is 26.1. The normalized spacial score (nSPS) is 18.2. The smallest absolute Gasteiger partial charge is 0.243 e. The second-order valence-electron chi connectivity index (χ2n) is 9.83. The van der Waals surface area contributed by atoms with Crippen molar-refractivity contribution in [1.82, 2.24) is 9.62 Å². The molecule has 0 spiro atoms. The molecule has 1 saturated carbocycles. The van der Waals surface area contributed by atoms with Crippen molar-refractivity contribution in [3.8, 4) is 0 Å². The largest absolute Gasteiger partial charge is 0.352 e. The van der Waals surface area contributed by atoms with E-state index in [0.29, 0.717) is 31.0 Å². The Morgan fingerprint density at radius 3 is 2.08 bits per heavy atom. The van der Waals surface area contributed by atoms with Gasteiger partial charge >= 0.3 is 0 Å². The fourth-order valence-electron chi connectivity index (χ4n) is 4.88. The van der Waals surface area contributed by atoms with Crippen LogP contribution in [-0.2, 0) is 27.8 Å². The average molecular weight is 505 g/mol. The molecule has 1 N–H and O–H groups in total. The predicted octanol–water partition coefficient (Wildman–Crippen LogP) is 5.35. The lowest BCUT2D eigenvalue weighted by Gasteiger charge is -2.32. The molecular formula is C30H36N2O3S. The summed E-state index contributed by atoms with van der Waals surface area (Å²) >= 11 is 0. The van der Waals surface area contributed by atoms with Gasteiger partial charge in [-0.05, 0) is 68.2 Å². The maximum Gasteiger partial charge on any atom is 0.243 e. The molecule has 6 heteroatoms. The summed E-state index contributed by atoms with van der Waals surface area (Å²) < 4.78 is 28.7. The first-order valence-electron chi connectivity index (χ1n) is 12.8. The summed E-state index contributed by atoms with van der Waals surface area (Å²) in [7, 11) is -3.59. The van der Waals surface area contributed by atoms with E-state index >= 15 is 0 Å². The van der Waals surface area contributed by atoms with Crippen LogP contribution in [0.4, 0.5) is 0 Å². The first-order chi connectivity index (χ1) is 17.4. The topological polar surface area (TPSA) is 66.5 Å². The van der Waals surface area contributed by atoms with Gasteiger partial charge in [0.15, 0.2) is 0 Å². The maximum absolute atomic E-state index is 13.5. The van der Waals surface area contributed by atoms with Gasteiger partial charge in [0.1, 0.15) is 0 Å². The summed E-state index contributed by atoms with van der Waals surface area (Å²) in [6.45, 7) is 3.52. The van der Waals surface area contributed by atoms with Crippen molar-refractivity contribution >= 4 is 15.9 Å². The Labute approximate surface area is 215 Å². The van der Waals surface area contributed by atoms with E-state index in [0.717, 1.165) is 36.8 Å². The standard InChI is InChI=1S/C30H36N2O3S/c1-24-12-14-26(15-13-24)22-31-30(33)28-18-16-27(17-19-28)23-32(21-20-25-8-4-2-5-9-25)36(34,35)29-10-6-3-7-11-29/h2-15,27-28H,16-23H2,1H3,(H,31,33). The molecule has 1 aliphatic carbocycles. The van der Waals surface area contributed by atoms with Crippen LogP contribution in [0.1, 0.15) is 42.4 Å². The number of carbonyl (C=O) groups is 1. The number of sulfonamides is 1. The molecule has 0 heterocycles. The molecule has 0 radical (unpaired) electrons. The molecule has 0 bridgehead atoms. The van der Waals surface area contributed by atoms with E-state index in [-0.39, 0.29) is 17.7 Å². The lowest BCUT2D eigenvalue weighted by atomic mass is 9.81. The second-order valence-corrected chi connectivity index (χ2v) is 11.8. The van der Waals surface area contributed by atoms with Gasteiger partial charge in [-0.2, -0.15) is 4.31 Å². The quantitative estimate of drug-likeness (QED) is 0.405. The molecule has 3 aromatic rings. The summed E-state index contributed by atoms with van der Waals surface area (Å²) in [5, 5.41) is 3.08. The summed E-state index contributed by atoms with van der Waals surface area (Å²) in [6.07, 6.45) is 3.97. The van der Waals surface area contributed by atoms with Gasteiger partial charge in [0.25, 0.3) is 0 Å². The lowest BCUT2D eigenvalue weighted by molar-refractivity contribution is -0.126. The third-order valence-electron chi connectivity index (χ3n) is 7.14. The molecule has 3 aromatic carbocycles. The van der Waals surface area contributed by atoms with Crippen molar-refractivity contribution in [3.05, 3.63) is 102 Å². The highest BCUT2D eigenvalue weighted by Crippen LogP contribution is 2.31. The minimum Gasteiger partial charge on any atom is -0.352 e. The number of hydrogen-bond donors (Lipinski definition) is 1. The van der Waals surface area contributed by atoms with Gasteiger partial charge in [0, 0.05) is 25.6 Å². The third-order valence-corrected chi connectivity index (χ3v) is 9.02. The fraction of sp³-hybridized carbons (Fsp3) is 0.367. The molecule has 0 atom stereocenters. The van der Waals surface area contributed by atoms with Crippen LogP contribution in [0.15, 0.2) is 89.8 Å². The highest BCUT2D eigenvalue weighted by Gasteiger charge is 2.31. The molecule has 36 heavy (non-hydrogen) atoms. The highest BCUT2D eigenvalue weighted by atomic mass is 32.2. The van der Waals surface area contributed by atoms with Crippen LogP contribution in [0, 0.1) is 18.8 Å². The molecule has 1 fully saturated rings. The second kappa shape index (κ2) is 12.3. The van der Waals surface area contributed by atoms with Gasteiger partial charge in [-0.3, -0.25) is 4.79 Å². The van der Waals surface area contributed by atoms with Crippen molar-refractivity contribution in [2.24, 2.45) is 11.8 Å². The zero-order valence-electron chi connectivity index (χ0n) is 21.0. The van der Waals surface area contributed by atoms with Crippen LogP contribution >= 0.6 is 0 Å². The summed E-state index contributed by atoms with van der Waals surface area (Å²) in [5.74, 6) is 0.350. The van der Waals surface area contributed by atoms with Crippen LogP contribution in [0.2, 0.25) is 0 Å². The molecule has 0 aromatic heterocycles. The van der Waals surface area contributed by atoms with E-state index < -0.39 is 10.0 Å². The third kappa shape index (κ3) is 7.05. The Morgan fingerprint density at radius 1 is 0.833 bits per heavy atom. The van der Waals surface area contributed by atoms with Crippen LogP contribution in [-0.4, -0.2) is 31.7 Å². The SMILES string of the molecule is Cc1ccc(CNC(=O)C2CCC(CN(CCc3ccccc3)S(=O)(=O)c3ccccc3)CC2)cc1. The zero-order chi connectivity index (χ0) is 25.4. The van der Waals surface area contributed by atoms with Gasteiger partial charge in [-0.1, -0.05) is 78.4 Å². The van der Waals surface area contributed by atoms with Crippen molar-refractivity contribution in [2.75, 3.05) is 13.1 Å². The van der Waals surface area contributed by atoms with Crippen molar-refractivity contribution < 1.29 is 13.2 Å². The maximum atomic E-state index is 13.5. The number of hydrogen-bond acceptors (Lipinski definition) is 3. The van der Waals surface area contributed by atoms with E-state index in [1.807, 2.05) is 48.5 Å². The van der Waals surface area contributed by atoms with Gasteiger partial charge in [-0.25, -0.2) is 8.42 Å². The van der Waals surface area contributed by atoms with Crippen LogP contribution < -0.4 is 5.32 Å². The lowest BCUT2D eigenvalue weighted by Crippen LogP contribution is -2.39. The van der Waals surface area contributed by atoms with Crippen molar-refractivity contribution in [1.29, 1.82) is 0 Å². The molecule has 0 saturated heterocycles. The van der Waals surface area contributed by atoms with E-state index in [9.17, 15) is 13.2 Å². The van der Waals surface area contributed by atoms with Gasteiger partial charge < -0.3 is 5.32 Å². The number of nitrogens with one attached hydrogen (secondary N) is 1. The predicted molar refractivity (Wildman–Crippen MR) is 144 cm³/mol. The van der Waals surface area contributed by atoms with Crippen LogP contribution in [0.5, 0.6) is 0 Å². The monoisotopic (exact) mass is 504 g/mol. The number of carbonyl (C=O) groups excluding carboxylic acids is 1. The zero-order valence-corrected chi connectivity index (χ0v) is 21.8. The molecule has 0 unspecified atom stereocenters. The summed E-state index contributed by atoms with van der Waals surface area (Å²) in [5.41, 5.74) is 3.43. The number of amides is 1. The Morgan fingerprint density at radius 2 is 1.44 bits per heavy atom. The van der Waals surface area contributed by atoms with E-state index in [1.165, 1.54) is 5.56 Å². The Hall–Kier alpha value is -2.96. The first-order valence-corrected chi connectivity index (χ1v) is 14.3. The summed E-state index contributed by atoms with van der Waals surface area (Å²) in [6, 6.07) is 26.9. The van der Waals surface area contributed by atoms with Gasteiger partial charge in [0.05, 0.1) is 4.90 Å². The molecule has 0 aliphatic heterocycles. The Bertz CT molecular complexity index is 1200. The van der Waals surface area contributed by atoms with E-state index in [1.54, 1.807) is 28.6 Å². The molecule has 4 rings (SSSR count). The minimum atomic E-state index is -3.59.